The molecule has 1 aliphatic rings. The van der Waals surface area contributed by atoms with E-state index in [2.05, 4.69) is 180 Å². The van der Waals surface area contributed by atoms with Crippen molar-refractivity contribution in [3.05, 3.63) is 287 Å². The molecule has 0 fully saturated rings. The second kappa shape index (κ2) is 20.8. The summed E-state index contributed by atoms with van der Waals surface area (Å²) < 4.78 is 97.0. The zero-order valence-electron chi connectivity index (χ0n) is 49.1. The summed E-state index contributed by atoms with van der Waals surface area (Å²) in [6.07, 6.45) is -10.0. The number of hydrogen-bond acceptors (Lipinski definition) is 4. The van der Waals surface area contributed by atoms with Gasteiger partial charge < -0.3 is 9.47 Å². The molecule has 0 aliphatic heterocycles. The number of rotatable bonds is 9. The highest BCUT2D eigenvalue weighted by atomic mass is 32.1. The van der Waals surface area contributed by atoms with Crippen LogP contribution < -0.4 is 4.90 Å². The Hall–Kier alpha value is -9.58. The lowest BCUT2D eigenvalue weighted by Gasteiger charge is -2.35. The van der Waals surface area contributed by atoms with Gasteiger partial charge in [-0.05, 0) is 156 Å². The van der Waals surface area contributed by atoms with E-state index >= 15 is 0 Å². The van der Waals surface area contributed by atoms with E-state index in [4.69, 9.17) is 8.75 Å². The van der Waals surface area contributed by atoms with Crippen molar-refractivity contribution in [2.45, 2.75) is 70.1 Å². The lowest BCUT2D eigenvalue weighted by Crippen LogP contribution is -2.29. The van der Waals surface area contributed by atoms with E-state index in [0.717, 1.165) is 73.2 Å². The molecular weight excluding hydrogens is 1130 g/mol. The van der Waals surface area contributed by atoms with E-state index in [0.29, 0.717) is 28.5 Å². The number of aromatic nitrogens is 3. The zero-order chi connectivity index (χ0) is 61.1. The molecule has 0 radical (unpaired) electrons. The summed E-state index contributed by atoms with van der Waals surface area (Å²) in [6, 6.07) is 79.5. The lowest BCUT2D eigenvalue weighted by atomic mass is 9.67. The smallest absolute Gasteiger partial charge is 0.309 e. The van der Waals surface area contributed by atoms with Crippen molar-refractivity contribution < 1.29 is 26.3 Å². The van der Waals surface area contributed by atoms with Crippen molar-refractivity contribution in [1.29, 1.82) is 0 Å². The minimum atomic E-state index is -5.05. The normalized spacial score (nSPS) is 13.3. The molecule has 0 saturated carbocycles. The maximum absolute atomic E-state index is 14.5. The first-order valence-electron chi connectivity index (χ1n) is 29.3. The second-order valence-corrected chi connectivity index (χ2v) is 25.4. The van der Waals surface area contributed by atoms with Crippen LogP contribution in [0.25, 0.3) is 83.0 Å². The van der Waals surface area contributed by atoms with Gasteiger partial charge in [0.2, 0.25) is 0 Å². The molecule has 11 heteroatoms. The number of para-hydroxylation sites is 1. The highest BCUT2D eigenvalue weighted by Crippen LogP contribution is 2.57. The summed E-state index contributed by atoms with van der Waals surface area (Å²) in [5, 5.41) is 2.19. The van der Waals surface area contributed by atoms with Crippen LogP contribution in [-0.2, 0) is 28.6 Å². The van der Waals surface area contributed by atoms with Gasteiger partial charge in [0.25, 0.3) is 0 Å². The predicted octanol–water partition coefficient (Wildman–Crippen LogP) is 22.3. The number of halogens is 6. The summed E-state index contributed by atoms with van der Waals surface area (Å²) in [7, 11) is 0. The highest BCUT2D eigenvalue weighted by Gasteiger charge is 2.47. The highest BCUT2D eigenvalue weighted by molar-refractivity contribution is 7.00. The number of alkyl halides is 6. The third-order valence-electron chi connectivity index (χ3n) is 17.6. The number of anilines is 3. The van der Waals surface area contributed by atoms with E-state index in [1.807, 2.05) is 71.6 Å². The third kappa shape index (κ3) is 9.45. The van der Waals surface area contributed by atoms with Crippen LogP contribution in [0.4, 0.5) is 43.4 Å². The minimum Gasteiger partial charge on any atom is -0.309 e. The molecule has 0 saturated heterocycles. The molecule has 0 spiro atoms. The van der Waals surface area contributed by atoms with Gasteiger partial charge in [0.1, 0.15) is 11.0 Å². The summed E-state index contributed by atoms with van der Waals surface area (Å²) >= 11 is 1.08. The van der Waals surface area contributed by atoms with Gasteiger partial charge in [-0.15, -0.1) is 0 Å². The van der Waals surface area contributed by atoms with Gasteiger partial charge in [-0.3, -0.25) is 0 Å². The van der Waals surface area contributed by atoms with E-state index in [1.54, 1.807) is 12.1 Å². The SMILES string of the molecule is CC(C)(C)c1ccc(C2(c3ccc(C(C)(C)C)cc3)c3ccccc3-c3ccc(-n4c5ccccc5c5ccc(-c6ccc(N(c7ccc(-c8ccccc8)cc7)c7ccc(-c8ccc(C(F)(F)F)cc8C(F)(F)F)cc7)c7nsnc67)cc54)cc32)cc1. The maximum Gasteiger partial charge on any atom is 0.417 e. The van der Waals surface area contributed by atoms with E-state index < -0.39 is 28.9 Å². The molecular formula is C77H58F6N4S. The van der Waals surface area contributed by atoms with Gasteiger partial charge in [0.05, 0.1) is 45.0 Å². The molecule has 13 aromatic rings. The van der Waals surface area contributed by atoms with Crippen molar-refractivity contribution in [3.8, 4) is 50.2 Å². The quantitative estimate of drug-likeness (QED) is 0.135. The van der Waals surface area contributed by atoms with Crippen LogP contribution in [0.15, 0.2) is 243 Å². The zero-order valence-corrected chi connectivity index (χ0v) is 49.9. The van der Waals surface area contributed by atoms with Gasteiger partial charge in [0.15, 0.2) is 0 Å². The Morgan fingerprint density at radius 3 is 1.55 bits per heavy atom. The number of fused-ring (bicyclic) bond motifs is 7. The molecule has 0 N–H and O–H groups in total. The average molecular weight is 1190 g/mol. The first kappa shape index (κ1) is 56.2. The van der Waals surface area contributed by atoms with Crippen LogP contribution in [0.1, 0.15) is 86.1 Å². The topological polar surface area (TPSA) is 34.0 Å². The fourth-order valence-corrected chi connectivity index (χ4v) is 13.7. The average Bonchev–Trinajstić information content (AvgIpc) is 1.55. The lowest BCUT2D eigenvalue weighted by molar-refractivity contribution is -0.142. The molecule has 4 nitrogen and oxygen atoms in total. The molecule has 0 unspecified atom stereocenters. The Morgan fingerprint density at radius 2 is 0.909 bits per heavy atom. The number of nitrogens with zero attached hydrogens (tertiary/aromatic N) is 4. The van der Waals surface area contributed by atoms with Crippen molar-refractivity contribution in [3.63, 3.8) is 0 Å². The van der Waals surface area contributed by atoms with Crippen LogP contribution in [-0.4, -0.2) is 13.3 Å². The molecule has 2 heterocycles. The monoisotopic (exact) mass is 1180 g/mol. The number of hydrogen-bond donors (Lipinski definition) is 0. The van der Waals surface area contributed by atoms with Crippen molar-refractivity contribution in [2.24, 2.45) is 0 Å². The fourth-order valence-electron chi connectivity index (χ4n) is 13.2. The van der Waals surface area contributed by atoms with Crippen LogP contribution in [0.3, 0.4) is 0 Å². The van der Waals surface area contributed by atoms with E-state index in [9.17, 15) is 26.3 Å². The molecule has 1 aliphatic carbocycles. The third-order valence-corrected chi connectivity index (χ3v) is 18.1. The second-order valence-electron chi connectivity index (χ2n) is 24.9. The van der Waals surface area contributed by atoms with Gasteiger partial charge in [-0.2, -0.15) is 35.1 Å². The van der Waals surface area contributed by atoms with Crippen molar-refractivity contribution in [1.82, 2.24) is 13.3 Å². The maximum atomic E-state index is 14.5. The van der Waals surface area contributed by atoms with Crippen LogP contribution in [0, 0.1) is 0 Å². The standard InChI is InChI=1S/C77H58F6N4S/c1-73(2,3)51-25-29-53(30-26-51)75(54-31-27-52(28-32-54)74(4,5)6)65-18-12-10-16-61(65)62-41-38-58(46-66(62)75)87-68-19-13-11-17-63(68)64-39-24-50(44-70(64)87)60-42-43-69(72-71(60)84-88-85-72)86(56-34-20-48(21-35-56)47-14-8-7-9-15-47)57-36-22-49(23-37-57)59-40-33-55(76(78,79)80)45-67(59)77(81,82)83/h7-46H,1-6H3. The molecule has 88 heavy (non-hydrogen) atoms. The Morgan fingerprint density at radius 1 is 0.386 bits per heavy atom. The van der Waals surface area contributed by atoms with E-state index in [1.165, 1.54) is 56.6 Å². The summed E-state index contributed by atoms with van der Waals surface area (Å²) in [6.45, 7) is 13.5. The van der Waals surface area contributed by atoms with Gasteiger partial charge in [0, 0.05) is 33.4 Å². The van der Waals surface area contributed by atoms with Gasteiger partial charge in [-0.25, -0.2) is 0 Å². The molecule has 0 bridgehead atoms. The molecule has 0 amide bonds. The predicted molar refractivity (Wildman–Crippen MR) is 347 cm³/mol. The molecule has 11 aromatic carbocycles. The van der Waals surface area contributed by atoms with Gasteiger partial charge >= 0.3 is 12.4 Å². The molecule has 2 aromatic heterocycles. The van der Waals surface area contributed by atoms with Crippen molar-refractivity contribution in [2.75, 3.05) is 4.90 Å². The Kier molecular flexibility index (Phi) is 13.3. The summed E-state index contributed by atoms with van der Waals surface area (Å²) in [4.78, 5) is 1.98. The molecule has 14 rings (SSSR count). The minimum absolute atomic E-state index is 0.0368. The van der Waals surface area contributed by atoms with Crippen LogP contribution >= 0.6 is 11.7 Å². The Balaban J connectivity index is 0.917. The first-order chi connectivity index (χ1) is 42.2. The fraction of sp³-hybridized carbons (Fsp3) is 0.143. The van der Waals surface area contributed by atoms with Crippen LogP contribution in [0.2, 0.25) is 0 Å². The molecule has 0 atom stereocenters. The summed E-state index contributed by atoms with van der Waals surface area (Å²) in [5.41, 5.74) is 16.1. The summed E-state index contributed by atoms with van der Waals surface area (Å²) in [5.74, 6) is 0. The van der Waals surface area contributed by atoms with Gasteiger partial charge in [-0.1, -0.05) is 211 Å². The first-order valence-corrected chi connectivity index (χ1v) is 30.0. The molecule has 434 valence electrons. The Bertz CT molecular complexity index is 4760. The van der Waals surface area contributed by atoms with E-state index in [-0.39, 0.29) is 28.0 Å². The van der Waals surface area contributed by atoms with Crippen molar-refractivity contribution >= 4 is 61.6 Å². The van der Waals surface area contributed by atoms with Crippen LogP contribution in [0.5, 0.6) is 0 Å². The Labute approximate surface area is 511 Å². The largest absolute Gasteiger partial charge is 0.417 e. The number of benzene rings is 11.